The lowest BCUT2D eigenvalue weighted by Crippen LogP contribution is -2.33. The molecule has 0 saturated carbocycles. The zero-order chi connectivity index (χ0) is 18.4. The van der Waals surface area contributed by atoms with E-state index in [1.54, 1.807) is 13.2 Å². The van der Waals surface area contributed by atoms with Crippen LogP contribution in [0.4, 0.5) is 11.5 Å². The van der Waals surface area contributed by atoms with Crippen LogP contribution in [-0.4, -0.2) is 76.6 Å². The van der Waals surface area contributed by atoms with E-state index in [4.69, 9.17) is 10.5 Å². The number of hydrogen-bond donors (Lipinski definition) is 5. The molecule has 0 bridgehead atoms. The molecular weight excluding hydrogens is 344 g/mol. The summed E-state index contributed by atoms with van der Waals surface area (Å²) in [4.78, 5) is 13.1. The van der Waals surface area contributed by atoms with E-state index >= 15 is 0 Å². The predicted octanol–water partition coefficient (Wildman–Crippen LogP) is -1.75. The van der Waals surface area contributed by atoms with E-state index < -0.39 is 31.1 Å². The fourth-order valence-electron chi connectivity index (χ4n) is 2.92. The summed E-state index contributed by atoms with van der Waals surface area (Å²) in [6, 6.07) is 0. The standard InChI is InChI=1S/C14H18N8O4/c1-16-11-8-12(20-14(19-11)22-3-6(15)2-18-22)21(5-17-8)13-10(25)9(24)7(4-23)26-13/h2-3,5,7,9-10,13,23-25H,4,15H2,1H3,(H,16,19,20)/t7-,9+,10-,13-/m1/s1. The first-order valence-electron chi connectivity index (χ1n) is 7.88. The molecule has 3 aromatic heterocycles. The zero-order valence-corrected chi connectivity index (χ0v) is 13.8. The molecule has 1 aliphatic heterocycles. The van der Waals surface area contributed by atoms with Gasteiger partial charge in [0.1, 0.15) is 18.3 Å². The van der Waals surface area contributed by atoms with E-state index in [2.05, 4.69) is 25.4 Å². The quantitative estimate of drug-likeness (QED) is 0.358. The number of anilines is 2. The molecule has 1 aliphatic rings. The minimum atomic E-state index is -1.25. The third-order valence-corrected chi connectivity index (χ3v) is 4.25. The smallest absolute Gasteiger partial charge is 0.254 e. The van der Waals surface area contributed by atoms with Crippen molar-refractivity contribution in [3.8, 4) is 5.95 Å². The van der Waals surface area contributed by atoms with Gasteiger partial charge in [-0.25, -0.2) is 9.67 Å². The van der Waals surface area contributed by atoms with Gasteiger partial charge in [-0.15, -0.1) is 0 Å². The topological polar surface area (TPSA) is 169 Å². The molecular formula is C14H18N8O4. The zero-order valence-electron chi connectivity index (χ0n) is 13.8. The highest BCUT2D eigenvalue weighted by Crippen LogP contribution is 2.32. The van der Waals surface area contributed by atoms with E-state index in [0.29, 0.717) is 22.7 Å². The van der Waals surface area contributed by atoms with Crippen molar-refractivity contribution < 1.29 is 20.1 Å². The van der Waals surface area contributed by atoms with Crippen LogP contribution in [0.5, 0.6) is 0 Å². The molecule has 0 spiro atoms. The number of nitrogen functional groups attached to an aromatic ring is 1. The number of hydrogen-bond acceptors (Lipinski definition) is 10. The van der Waals surface area contributed by atoms with Crippen molar-refractivity contribution >= 4 is 22.7 Å². The van der Waals surface area contributed by atoms with Gasteiger partial charge in [-0.1, -0.05) is 0 Å². The summed E-state index contributed by atoms with van der Waals surface area (Å²) in [5.74, 6) is 0.691. The fraction of sp³-hybridized carbons (Fsp3) is 0.429. The average Bonchev–Trinajstić information content (AvgIpc) is 3.33. The Morgan fingerprint density at radius 3 is 2.73 bits per heavy atom. The number of nitrogens with zero attached hydrogens (tertiary/aromatic N) is 6. The molecule has 4 atom stereocenters. The highest BCUT2D eigenvalue weighted by molar-refractivity contribution is 5.83. The number of aliphatic hydroxyl groups is 3. The summed E-state index contributed by atoms with van der Waals surface area (Å²) < 4.78 is 8.45. The lowest BCUT2D eigenvalue weighted by atomic mass is 10.1. The maximum absolute atomic E-state index is 10.3. The van der Waals surface area contributed by atoms with E-state index in [1.165, 1.54) is 21.8 Å². The van der Waals surface area contributed by atoms with Gasteiger partial charge < -0.3 is 31.1 Å². The van der Waals surface area contributed by atoms with Crippen molar-refractivity contribution in [2.45, 2.75) is 24.5 Å². The predicted molar refractivity (Wildman–Crippen MR) is 89.4 cm³/mol. The van der Waals surface area contributed by atoms with Crippen molar-refractivity contribution in [3.63, 3.8) is 0 Å². The van der Waals surface area contributed by atoms with E-state index in [1.807, 2.05) is 0 Å². The van der Waals surface area contributed by atoms with Gasteiger partial charge in [0.2, 0.25) is 0 Å². The van der Waals surface area contributed by atoms with Crippen molar-refractivity contribution in [1.29, 1.82) is 0 Å². The number of nitrogens with one attached hydrogen (secondary N) is 1. The van der Waals surface area contributed by atoms with Gasteiger partial charge in [-0.05, 0) is 0 Å². The molecule has 4 rings (SSSR count). The van der Waals surface area contributed by atoms with Gasteiger partial charge >= 0.3 is 0 Å². The molecule has 0 aromatic carbocycles. The Balaban J connectivity index is 1.84. The van der Waals surface area contributed by atoms with Crippen LogP contribution < -0.4 is 11.1 Å². The molecule has 26 heavy (non-hydrogen) atoms. The van der Waals surface area contributed by atoms with Gasteiger partial charge in [0.05, 0.1) is 31.0 Å². The molecule has 6 N–H and O–H groups in total. The van der Waals surface area contributed by atoms with Gasteiger partial charge in [-0.2, -0.15) is 15.1 Å². The first-order chi connectivity index (χ1) is 12.5. The Kier molecular flexibility index (Phi) is 3.96. The van der Waals surface area contributed by atoms with Crippen LogP contribution in [0.25, 0.3) is 17.1 Å². The van der Waals surface area contributed by atoms with Crippen molar-refractivity contribution in [2.24, 2.45) is 0 Å². The third-order valence-electron chi connectivity index (χ3n) is 4.25. The molecule has 12 heteroatoms. The number of nitrogens with two attached hydrogens (primary N) is 1. The Bertz CT molecular complexity index is 940. The molecule has 0 amide bonds. The maximum Gasteiger partial charge on any atom is 0.254 e. The highest BCUT2D eigenvalue weighted by Gasteiger charge is 2.44. The van der Waals surface area contributed by atoms with E-state index in [9.17, 15) is 15.3 Å². The number of ether oxygens (including phenoxy) is 1. The summed E-state index contributed by atoms with van der Waals surface area (Å²) in [5, 5.41) is 36.6. The lowest BCUT2D eigenvalue weighted by Gasteiger charge is -2.16. The molecule has 4 heterocycles. The summed E-state index contributed by atoms with van der Waals surface area (Å²) in [5.41, 5.74) is 6.97. The SMILES string of the molecule is CNc1nc(-n2cc(N)cn2)nc2c1ncn2[C@@H]1O[C@H](CO)[C@H](O)[C@H]1O. The monoisotopic (exact) mass is 362 g/mol. The minimum Gasteiger partial charge on any atom is -0.396 e. The number of imidazole rings is 1. The van der Waals surface area contributed by atoms with Crippen molar-refractivity contribution in [2.75, 3.05) is 24.7 Å². The summed E-state index contributed by atoms with van der Waals surface area (Å²) in [6.07, 6.45) is 0.136. The van der Waals surface area contributed by atoms with Crippen LogP contribution in [0.3, 0.4) is 0 Å². The van der Waals surface area contributed by atoms with Gasteiger partial charge in [-0.3, -0.25) is 4.57 Å². The van der Waals surface area contributed by atoms with E-state index in [0.717, 1.165) is 0 Å². The number of aliphatic hydroxyl groups excluding tert-OH is 3. The highest BCUT2D eigenvalue weighted by atomic mass is 16.6. The fourth-order valence-corrected chi connectivity index (χ4v) is 2.92. The van der Waals surface area contributed by atoms with Gasteiger partial charge in [0.25, 0.3) is 5.95 Å². The largest absolute Gasteiger partial charge is 0.396 e. The third kappa shape index (κ3) is 2.47. The van der Waals surface area contributed by atoms with Crippen molar-refractivity contribution in [1.82, 2.24) is 29.3 Å². The van der Waals surface area contributed by atoms with Crippen LogP contribution in [0.1, 0.15) is 6.23 Å². The second kappa shape index (κ2) is 6.17. The first-order valence-corrected chi connectivity index (χ1v) is 7.88. The molecule has 138 valence electrons. The van der Waals surface area contributed by atoms with Crippen LogP contribution >= 0.6 is 0 Å². The van der Waals surface area contributed by atoms with Gasteiger partial charge in [0.15, 0.2) is 23.2 Å². The maximum atomic E-state index is 10.3. The summed E-state index contributed by atoms with van der Waals surface area (Å²) in [7, 11) is 1.69. The number of fused-ring (bicyclic) bond motifs is 1. The Morgan fingerprint density at radius 2 is 2.12 bits per heavy atom. The minimum absolute atomic E-state index is 0.243. The molecule has 0 radical (unpaired) electrons. The average molecular weight is 362 g/mol. The van der Waals surface area contributed by atoms with Crippen molar-refractivity contribution in [3.05, 3.63) is 18.7 Å². The lowest BCUT2D eigenvalue weighted by molar-refractivity contribution is -0.0511. The van der Waals surface area contributed by atoms with Gasteiger partial charge in [0, 0.05) is 7.05 Å². The van der Waals surface area contributed by atoms with Crippen LogP contribution in [0, 0.1) is 0 Å². The Morgan fingerprint density at radius 1 is 1.31 bits per heavy atom. The normalized spacial score (nSPS) is 25.8. The molecule has 3 aromatic rings. The van der Waals surface area contributed by atoms with E-state index in [-0.39, 0.29) is 5.95 Å². The molecule has 1 saturated heterocycles. The number of rotatable bonds is 4. The summed E-state index contributed by atoms with van der Waals surface area (Å²) in [6.45, 7) is -0.421. The summed E-state index contributed by atoms with van der Waals surface area (Å²) >= 11 is 0. The number of aromatic nitrogens is 6. The molecule has 12 nitrogen and oxygen atoms in total. The second-order valence-electron chi connectivity index (χ2n) is 5.89. The Labute approximate surface area is 146 Å². The molecule has 0 aliphatic carbocycles. The van der Waals surface area contributed by atoms with Crippen LogP contribution in [0.15, 0.2) is 18.7 Å². The Hall–Kier alpha value is -2.80. The molecule has 1 fully saturated rings. The second-order valence-corrected chi connectivity index (χ2v) is 5.89. The van der Waals surface area contributed by atoms with Crippen LogP contribution in [-0.2, 0) is 4.74 Å². The van der Waals surface area contributed by atoms with Crippen LogP contribution in [0.2, 0.25) is 0 Å². The first kappa shape index (κ1) is 16.7. The molecule has 0 unspecified atom stereocenters.